The molecular weight excluding hydrogens is 218 g/mol. The Morgan fingerprint density at radius 1 is 1.24 bits per heavy atom. The minimum absolute atomic E-state index is 0.105. The normalized spacial score (nSPS) is 24.6. The van der Waals surface area contributed by atoms with Gasteiger partial charge in [0.1, 0.15) is 5.60 Å². The molecule has 0 radical (unpaired) electrons. The Balaban J connectivity index is 1.88. The molecule has 0 aromatic heterocycles. The molecule has 1 aliphatic carbocycles. The predicted octanol–water partition coefficient (Wildman–Crippen LogP) is -0.0407. The van der Waals surface area contributed by atoms with E-state index in [0.29, 0.717) is 32.5 Å². The molecular formula is C12H19N3O2. The summed E-state index contributed by atoms with van der Waals surface area (Å²) in [6, 6.07) is 2.12. The van der Waals surface area contributed by atoms with Crippen LogP contribution >= 0.6 is 0 Å². The molecule has 17 heavy (non-hydrogen) atoms. The molecule has 1 saturated heterocycles. The van der Waals surface area contributed by atoms with E-state index < -0.39 is 5.60 Å². The van der Waals surface area contributed by atoms with Gasteiger partial charge in [-0.05, 0) is 25.7 Å². The summed E-state index contributed by atoms with van der Waals surface area (Å²) in [5.41, 5.74) is -1.10. The molecule has 0 aromatic rings. The van der Waals surface area contributed by atoms with E-state index in [1.807, 2.05) is 4.90 Å². The lowest BCUT2D eigenvalue weighted by Crippen LogP contribution is -2.55. The van der Waals surface area contributed by atoms with Gasteiger partial charge in [-0.3, -0.25) is 9.69 Å². The maximum Gasteiger partial charge on any atom is 0.254 e. The SMILES string of the molecule is N#CCN1CCN(C(=O)C2(O)CCCC2)CC1. The van der Waals surface area contributed by atoms with Crippen molar-refractivity contribution in [1.82, 2.24) is 9.80 Å². The summed E-state index contributed by atoms with van der Waals surface area (Å²) in [6.07, 6.45) is 3.09. The molecule has 2 rings (SSSR count). The van der Waals surface area contributed by atoms with Gasteiger partial charge in [0.2, 0.25) is 0 Å². The van der Waals surface area contributed by atoms with Gasteiger partial charge in [0.15, 0.2) is 0 Å². The standard InChI is InChI=1S/C12H19N3O2/c13-5-6-14-7-9-15(10-8-14)11(16)12(17)3-1-2-4-12/h17H,1-4,6-10H2. The van der Waals surface area contributed by atoms with Crippen LogP contribution in [0.5, 0.6) is 0 Å². The third-order valence-electron chi connectivity index (χ3n) is 3.78. The van der Waals surface area contributed by atoms with Crippen molar-refractivity contribution >= 4 is 5.91 Å². The maximum absolute atomic E-state index is 12.2. The Hall–Kier alpha value is -1.12. The first-order valence-corrected chi connectivity index (χ1v) is 6.27. The molecule has 1 amide bonds. The number of aliphatic hydroxyl groups is 1. The second kappa shape index (κ2) is 5.03. The van der Waals surface area contributed by atoms with Gasteiger partial charge in [0.25, 0.3) is 5.91 Å². The second-order valence-electron chi connectivity index (χ2n) is 4.97. The summed E-state index contributed by atoms with van der Waals surface area (Å²) in [4.78, 5) is 16.0. The highest BCUT2D eigenvalue weighted by molar-refractivity contribution is 5.85. The smallest absolute Gasteiger partial charge is 0.254 e. The summed E-state index contributed by atoms with van der Waals surface area (Å²) < 4.78 is 0. The molecule has 0 unspecified atom stereocenters. The second-order valence-corrected chi connectivity index (χ2v) is 4.97. The molecule has 0 aromatic carbocycles. The van der Waals surface area contributed by atoms with Crippen molar-refractivity contribution in [3.8, 4) is 6.07 Å². The molecule has 5 nitrogen and oxygen atoms in total. The molecule has 0 atom stereocenters. The summed E-state index contributed by atoms with van der Waals surface area (Å²) >= 11 is 0. The average molecular weight is 237 g/mol. The fraction of sp³-hybridized carbons (Fsp3) is 0.833. The van der Waals surface area contributed by atoms with E-state index in [0.717, 1.165) is 25.9 Å². The van der Waals surface area contributed by atoms with Crippen LogP contribution in [0, 0.1) is 11.3 Å². The fourth-order valence-electron chi connectivity index (χ4n) is 2.68. The number of nitrogens with zero attached hydrogens (tertiary/aromatic N) is 3. The monoisotopic (exact) mass is 237 g/mol. The van der Waals surface area contributed by atoms with Crippen molar-refractivity contribution in [1.29, 1.82) is 5.26 Å². The van der Waals surface area contributed by atoms with Gasteiger partial charge in [-0.15, -0.1) is 0 Å². The van der Waals surface area contributed by atoms with Crippen molar-refractivity contribution in [2.24, 2.45) is 0 Å². The number of carbonyl (C=O) groups excluding carboxylic acids is 1. The molecule has 1 aliphatic heterocycles. The maximum atomic E-state index is 12.2. The number of carbonyl (C=O) groups is 1. The molecule has 2 fully saturated rings. The van der Waals surface area contributed by atoms with Gasteiger partial charge in [-0.2, -0.15) is 5.26 Å². The number of hydrogen-bond acceptors (Lipinski definition) is 4. The van der Waals surface area contributed by atoms with Crippen LogP contribution in [0.4, 0.5) is 0 Å². The van der Waals surface area contributed by atoms with Crippen LogP contribution in [0.25, 0.3) is 0 Å². The molecule has 2 aliphatic rings. The highest BCUT2D eigenvalue weighted by atomic mass is 16.3. The highest BCUT2D eigenvalue weighted by Crippen LogP contribution is 2.31. The van der Waals surface area contributed by atoms with E-state index in [9.17, 15) is 9.90 Å². The van der Waals surface area contributed by atoms with E-state index in [1.54, 1.807) is 4.90 Å². The number of piperazine rings is 1. The van der Waals surface area contributed by atoms with E-state index in [4.69, 9.17) is 5.26 Å². The van der Waals surface area contributed by atoms with Gasteiger partial charge in [0, 0.05) is 26.2 Å². The van der Waals surface area contributed by atoms with E-state index in [1.165, 1.54) is 0 Å². The van der Waals surface area contributed by atoms with Crippen molar-refractivity contribution < 1.29 is 9.90 Å². The molecule has 1 N–H and O–H groups in total. The Labute approximate surface area is 102 Å². The van der Waals surface area contributed by atoms with E-state index in [-0.39, 0.29) is 5.91 Å². The fourth-order valence-corrected chi connectivity index (χ4v) is 2.68. The third kappa shape index (κ3) is 2.59. The summed E-state index contributed by atoms with van der Waals surface area (Å²) in [5.74, 6) is -0.105. The van der Waals surface area contributed by atoms with Gasteiger partial charge in [0.05, 0.1) is 12.6 Å². The van der Waals surface area contributed by atoms with Crippen molar-refractivity contribution in [2.45, 2.75) is 31.3 Å². The van der Waals surface area contributed by atoms with Crippen LogP contribution in [0.15, 0.2) is 0 Å². The molecule has 1 heterocycles. The van der Waals surface area contributed by atoms with Crippen LogP contribution in [-0.4, -0.2) is 59.1 Å². The van der Waals surface area contributed by atoms with Gasteiger partial charge < -0.3 is 10.0 Å². The third-order valence-corrected chi connectivity index (χ3v) is 3.78. The lowest BCUT2D eigenvalue weighted by atomic mass is 10.00. The Kier molecular flexibility index (Phi) is 3.65. The van der Waals surface area contributed by atoms with Crippen LogP contribution in [-0.2, 0) is 4.79 Å². The van der Waals surface area contributed by atoms with Crippen LogP contribution in [0.3, 0.4) is 0 Å². The van der Waals surface area contributed by atoms with E-state index >= 15 is 0 Å². The molecule has 1 saturated carbocycles. The predicted molar refractivity (Wildman–Crippen MR) is 62.1 cm³/mol. The zero-order valence-electron chi connectivity index (χ0n) is 10.1. The quantitative estimate of drug-likeness (QED) is 0.684. The van der Waals surface area contributed by atoms with Crippen molar-refractivity contribution in [3.63, 3.8) is 0 Å². The zero-order valence-corrected chi connectivity index (χ0v) is 10.1. The lowest BCUT2D eigenvalue weighted by Gasteiger charge is -2.37. The topological polar surface area (TPSA) is 67.6 Å². The summed E-state index contributed by atoms with van der Waals surface area (Å²) in [5, 5.41) is 18.8. The number of amides is 1. The number of hydrogen-bond donors (Lipinski definition) is 1. The first-order chi connectivity index (χ1) is 8.15. The Bertz CT molecular complexity index is 323. The first kappa shape index (κ1) is 12.3. The van der Waals surface area contributed by atoms with Gasteiger partial charge >= 0.3 is 0 Å². The minimum Gasteiger partial charge on any atom is -0.380 e. The zero-order chi connectivity index (χ0) is 12.3. The number of nitriles is 1. The molecule has 94 valence electrons. The Morgan fingerprint density at radius 2 is 1.82 bits per heavy atom. The van der Waals surface area contributed by atoms with Crippen molar-refractivity contribution in [3.05, 3.63) is 0 Å². The first-order valence-electron chi connectivity index (χ1n) is 6.27. The molecule has 5 heteroatoms. The number of rotatable bonds is 2. The highest BCUT2D eigenvalue weighted by Gasteiger charge is 2.42. The van der Waals surface area contributed by atoms with Crippen LogP contribution in [0.1, 0.15) is 25.7 Å². The summed E-state index contributed by atoms with van der Waals surface area (Å²) in [7, 11) is 0. The van der Waals surface area contributed by atoms with Gasteiger partial charge in [-0.25, -0.2) is 0 Å². The Morgan fingerprint density at radius 3 is 2.35 bits per heavy atom. The largest absolute Gasteiger partial charge is 0.380 e. The average Bonchev–Trinajstić information content (AvgIpc) is 2.78. The molecule has 0 spiro atoms. The van der Waals surface area contributed by atoms with E-state index in [2.05, 4.69) is 6.07 Å². The summed E-state index contributed by atoms with van der Waals surface area (Å²) in [6.45, 7) is 3.14. The van der Waals surface area contributed by atoms with Crippen LogP contribution < -0.4 is 0 Å². The van der Waals surface area contributed by atoms with Crippen LogP contribution in [0.2, 0.25) is 0 Å². The molecule has 0 bridgehead atoms. The lowest BCUT2D eigenvalue weighted by molar-refractivity contribution is -0.152. The van der Waals surface area contributed by atoms with Gasteiger partial charge in [-0.1, -0.05) is 0 Å². The minimum atomic E-state index is -1.10. The van der Waals surface area contributed by atoms with Crippen molar-refractivity contribution in [2.75, 3.05) is 32.7 Å².